The predicted molar refractivity (Wildman–Crippen MR) is 90.2 cm³/mol. The first-order valence-corrected chi connectivity index (χ1v) is 7.52. The molecular weight excluding hydrogens is 368 g/mol. The van der Waals surface area contributed by atoms with Crippen LogP contribution >= 0.6 is 27.5 Å². The maximum Gasteiger partial charge on any atom is 0.270 e. The highest BCUT2D eigenvalue weighted by Gasteiger charge is 2.08. The van der Waals surface area contributed by atoms with Gasteiger partial charge in [0.05, 0.1) is 5.56 Å². The first-order chi connectivity index (χ1) is 10.6. The Balaban J connectivity index is 1.89. The molecule has 2 rings (SSSR count). The molecule has 0 aromatic heterocycles. The zero-order valence-corrected chi connectivity index (χ0v) is 13.7. The fourth-order valence-electron chi connectivity index (χ4n) is 1.62. The van der Waals surface area contributed by atoms with Crippen LogP contribution < -0.4 is 10.9 Å². The smallest absolute Gasteiger partial charge is 0.268 e. The third-order valence-electron chi connectivity index (χ3n) is 2.71. The number of carbonyl (C=O) groups is 2. The van der Waals surface area contributed by atoms with E-state index in [4.69, 9.17) is 11.6 Å². The number of benzene rings is 2. The summed E-state index contributed by atoms with van der Waals surface area (Å²) in [5.41, 5.74) is 5.93. The maximum absolute atomic E-state index is 11.9. The lowest BCUT2D eigenvalue weighted by Gasteiger charge is -2.06. The molecular formula is C16H12BrClN2O2. The maximum atomic E-state index is 11.9. The number of rotatable bonds is 3. The van der Waals surface area contributed by atoms with E-state index in [-0.39, 0.29) is 0 Å². The van der Waals surface area contributed by atoms with Gasteiger partial charge in [0.2, 0.25) is 0 Å². The van der Waals surface area contributed by atoms with Crippen LogP contribution in [0.3, 0.4) is 0 Å². The summed E-state index contributed by atoms with van der Waals surface area (Å²) in [6.45, 7) is 0. The van der Waals surface area contributed by atoms with Crippen molar-refractivity contribution in [3.63, 3.8) is 0 Å². The van der Waals surface area contributed by atoms with Gasteiger partial charge in [-0.05, 0) is 51.8 Å². The molecule has 0 spiro atoms. The van der Waals surface area contributed by atoms with E-state index < -0.39 is 11.8 Å². The Kier molecular flexibility index (Phi) is 5.75. The number of hydrogen-bond donors (Lipinski definition) is 2. The summed E-state index contributed by atoms with van der Waals surface area (Å²) in [7, 11) is 0. The van der Waals surface area contributed by atoms with E-state index in [1.165, 1.54) is 6.08 Å². The van der Waals surface area contributed by atoms with Crippen LogP contribution in [0.1, 0.15) is 15.9 Å². The Labute approximate surface area is 141 Å². The van der Waals surface area contributed by atoms with Gasteiger partial charge in [-0.25, -0.2) is 0 Å². The lowest BCUT2D eigenvalue weighted by molar-refractivity contribution is -0.117. The van der Waals surface area contributed by atoms with Crippen LogP contribution in [0.4, 0.5) is 0 Å². The predicted octanol–water partition coefficient (Wildman–Crippen LogP) is 3.58. The Bertz CT molecular complexity index is 714. The molecule has 0 saturated heterocycles. The highest BCUT2D eigenvalue weighted by molar-refractivity contribution is 9.10. The quantitative estimate of drug-likeness (QED) is 0.632. The molecule has 22 heavy (non-hydrogen) atoms. The van der Waals surface area contributed by atoms with E-state index in [9.17, 15) is 9.59 Å². The van der Waals surface area contributed by atoms with Crippen molar-refractivity contribution in [1.82, 2.24) is 10.9 Å². The van der Waals surface area contributed by atoms with E-state index in [2.05, 4.69) is 26.8 Å². The molecule has 2 aromatic rings. The summed E-state index contributed by atoms with van der Waals surface area (Å²) in [6.07, 6.45) is 2.94. The van der Waals surface area contributed by atoms with Crippen molar-refractivity contribution < 1.29 is 9.59 Å². The molecule has 0 unspecified atom stereocenters. The molecule has 0 aliphatic heterocycles. The van der Waals surface area contributed by atoms with Gasteiger partial charge in [-0.15, -0.1) is 0 Å². The van der Waals surface area contributed by atoms with Gasteiger partial charge in [-0.1, -0.05) is 35.9 Å². The molecule has 0 fully saturated rings. The number of nitrogens with one attached hydrogen (secondary N) is 2. The molecule has 0 heterocycles. The van der Waals surface area contributed by atoms with E-state index in [1.54, 1.807) is 54.6 Å². The highest BCUT2D eigenvalue weighted by atomic mass is 79.9. The van der Waals surface area contributed by atoms with Gasteiger partial charge in [0, 0.05) is 15.6 Å². The largest absolute Gasteiger partial charge is 0.270 e. The van der Waals surface area contributed by atoms with Crippen molar-refractivity contribution in [3.8, 4) is 0 Å². The van der Waals surface area contributed by atoms with Crippen molar-refractivity contribution in [2.45, 2.75) is 0 Å². The van der Waals surface area contributed by atoms with Crippen LogP contribution in [0, 0.1) is 0 Å². The standard InChI is InChI=1S/C16H12BrClN2O2/c17-14-4-2-1-3-13(14)16(22)20-19-15(21)10-7-11-5-8-12(18)9-6-11/h1-10H,(H,19,21)(H,20,22)/b10-7+. The average Bonchev–Trinajstić information content (AvgIpc) is 2.52. The first kappa shape index (κ1) is 16.3. The van der Waals surface area contributed by atoms with E-state index in [0.29, 0.717) is 15.1 Å². The van der Waals surface area contributed by atoms with Crippen molar-refractivity contribution in [3.05, 3.63) is 75.2 Å². The van der Waals surface area contributed by atoms with Crippen LogP contribution in [0.15, 0.2) is 59.1 Å². The monoisotopic (exact) mass is 378 g/mol. The van der Waals surface area contributed by atoms with Gasteiger partial charge in [0.25, 0.3) is 11.8 Å². The van der Waals surface area contributed by atoms with E-state index >= 15 is 0 Å². The molecule has 2 N–H and O–H groups in total. The summed E-state index contributed by atoms with van der Waals surface area (Å²) in [6, 6.07) is 14.0. The van der Waals surface area contributed by atoms with Crippen LogP contribution in [0.2, 0.25) is 5.02 Å². The number of amides is 2. The Morgan fingerprint density at radius 2 is 1.68 bits per heavy atom. The molecule has 0 radical (unpaired) electrons. The summed E-state index contributed by atoms with van der Waals surface area (Å²) in [5.74, 6) is -0.837. The molecule has 0 atom stereocenters. The van der Waals surface area contributed by atoms with Gasteiger partial charge in [-0.3, -0.25) is 20.4 Å². The summed E-state index contributed by atoms with van der Waals surface area (Å²) < 4.78 is 0.651. The first-order valence-electron chi connectivity index (χ1n) is 6.35. The fraction of sp³-hybridized carbons (Fsp3) is 0. The summed E-state index contributed by atoms with van der Waals surface area (Å²) >= 11 is 9.05. The second kappa shape index (κ2) is 7.77. The second-order valence-electron chi connectivity index (χ2n) is 4.31. The van der Waals surface area contributed by atoms with Crippen LogP contribution in [-0.2, 0) is 4.79 Å². The summed E-state index contributed by atoms with van der Waals surface area (Å²) in [4.78, 5) is 23.5. The topological polar surface area (TPSA) is 58.2 Å². The third-order valence-corrected chi connectivity index (χ3v) is 3.66. The van der Waals surface area contributed by atoms with E-state index in [1.807, 2.05) is 0 Å². The molecule has 6 heteroatoms. The molecule has 0 saturated carbocycles. The third kappa shape index (κ3) is 4.72. The van der Waals surface area contributed by atoms with Gasteiger partial charge < -0.3 is 0 Å². The number of carbonyl (C=O) groups excluding carboxylic acids is 2. The van der Waals surface area contributed by atoms with E-state index in [0.717, 1.165) is 5.56 Å². The minimum Gasteiger partial charge on any atom is -0.268 e. The molecule has 0 bridgehead atoms. The Hall–Kier alpha value is -2.11. The minimum absolute atomic E-state index is 0.402. The number of hydrogen-bond acceptors (Lipinski definition) is 2. The highest BCUT2D eigenvalue weighted by Crippen LogP contribution is 2.15. The number of hydrazine groups is 1. The fourth-order valence-corrected chi connectivity index (χ4v) is 2.21. The molecule has 0 aliphatic rings. The van der Waals surface area contributed by atoms with Crippen molar-refractivity contribution >= 4 is 45.4 Å². The van der Waals surface area contributed by atoms with Crippen molar-refractivity contribution in [2.24, 2.45) is 0 Å². The van der Waals surface area contributed by atoms with Crippen molar-refractivity contribution in [1.29, 1.82) is 0 Å². The second-order valence-corrected chi connectivity index (χ2v) is 5.60. The van der Waals surface area contributed by atoms with Gasteiger partial charge in [-0.2, -0.15) is 0 Å². The van der Waals surface area contributed by atoms with Gasteiger partial charge in [0.1, 0.15) is 0 Å². The lowest BCUT2D eigenvalue weighted by Crippen LogP contribution is -2.40. The molecule has 2 amide bonds. The Morgan fingerprint density at radius 1 is 1.00 bits per heavy atom. The van der Waals surface area contributed by atoms with Crippen LogP contribution in [-0.4, -0.2) is 11.8 Å². The molecule has 2 aromatic carbocycles. The average molecular weight is 380 g/mol. The van der Waals surface area contributed by atoms with Crippen LogP contribution in [0.25, 0.3) is 6.08 Å². The van der Waals surface area contributed by atoms with Crippen LogP contribution in [0.5, 0.6) is 0 Å². The molecule has 4 nitrogen and oxygen atoms in total. The molecule has 0 aliphatic carbocycles. The SMILES string of the molecule is O=C(/C=C/c1ccc(Cl)cc1)NNC(=O)c1ccccc1Br. The molecule has 112 valence electrons. The normalized spacial score (nSPS) is 10.5. The van der Waals surface area contributed by atoms with Crippen molar-refractivity contribution in [2.75, 3.05) is 0 Å². The number of halogens is 2. The summed E-state index contributed by atoms with van der Waals surface area (Å²) in [5, 5.41) is 0.627. The minimum atomic E-state index is -0.435. The Morgan fingerprint density at radius 3 is 2.36 bits per heavy atom. The lowest BCUT2D eigenvalue weighted by atomic mass is 10.2. The zero-order valence-electron chi connectivity index (χ0n) is 11.3. The van der Waals surface area contributed by atoms with Gasteiger partial charge in [0.15, 0.2) is 0 Å². The zero-order chi connectivity index (χ0) is 15.9. The van der Waals surface area contributed by atoms with Gasteiger partial charge >= 0.3 is 0 Å².